The van der Waals surface area contributed by atoms with Crippen molar-refractivity contribution in [3.05, 3.63) is 0 Å². The highest BCUT2D eigenvalue weighted by molar-refractivity contribution is 7.76. The quantitative estimate of drug-likeness (QED) is 0.360. The molecule has 44 valence electrons. The minimum atomic E-state index is -2.25. The van der Waals surface area contributed by atoms with Crippen LogP contribution in [0.2, 0.25) is 0 Å². The Balaban J connectivity index is 3.34. The van der Waals surface area contributed by atoms with E-state index in [1.165, 1.54) is 14.2 Å². The van der Waals surface area contributed by atoms with E-state index in [1.54, 1.807) is 0 Å². The second-order valence-corrected chi connectivity index (χ2v) is 1.79. The fourth-order valence-electron chi connectivity index (χ4n) is 0.0609. The zero-order valence-electron chi connectivity index (χ0n) is 4.08. The molecule has 0 saturated heterocycles. The molecule has 0 aliphatic rings. The van der Waals surface area contributed by atoms with Gasteiger partial charge in [0, 0.05) is 18.3 Å². The van der Waals surface area contributed by atoms with Gasteiger partial charge in [-0.25, -0.2) is 0 Å². The molecular weight excluding hydrogens is 118 g/mol. The summed E-state index contributed by atoms with van der Waals surface area (Å²) in [6, 6.07) is 0. The summed E-state index contributed by atoms with van der Waals surface area (Å²) in [5.41, 5.74) is 0. The fourth-order valence-corrected chi connectivity index (χ4v) is 0.183. The van der Waals surface area contributed by atoms with Crippen molar-refractivity contribution in [2.45, 2.75) is 0 Å². The predicted molar refractivity (Wildman–Crippen MR) is 23.7 cm³/mol. The molecule has 0 radical (unpaired) electrons. The van der Waals surface area contributed by atoms with Gasteiger partial charge in [0.15, 0.2) is 0 Å². The van der Waals surface area contributed by atoms with Gasteiger partial charge in [-0.05, 0) is 0 Å². The van der Waals surface area contributed by atoms with Crippen LogP contribution in [0.3, 0.4) is 0 Å². The highest BCUT2D eigenvalue weighted by Gasteiger charge is 1.87. The fraction of sp³-hybridized carbons (Fsp3) is 1.00. The molecule has 5 heteroatoms. The zero-order valence-corrected chi connectivity index (χ0v) is 4.90. The maximum atomic E-state index is 9.73. The largest absolute Gasteiger partial charge is 0.758 e. The van der Waals surface area contributed by atoms with Crippen LogP contribution in [0.4, 0.5) is 0 Å². The van der Waals surface area contributed by atoms with Gasteiger partial charge in [0.25, 0.3) is 0 Å². The number of hydroxylamine groups is 1. The first kappa shape index (κ1) is 7.03. The molecule has 0 aromatic heterocycles. The van der Waals surface area contributed by atoms with Crippen LogP contribution in [-0.2, 0) is 16.1 Å². The van der Waals surface area contributed by atoms with Crippen LogP contribution < -0.4 is 0 Å². The monoisotopic (exact) mass is 124 g/mol. The SMILES string of the molecule is CON(C)S(=O)[O-]. The molecule has 0 aliphatic carbocycles. The summed E-state index contributed by atoms with van der Waals surface area (Å²) in [4.78, 5) is 4.23. The van der Waals surface area contributed by atoms with E-state index < -0.39 is 11.3 Å². The number of nitrogens with zero attached hydrogens (tertiary/aromatic N) is 1. The normalized spacial score (nSPS) is 14.9. The Morgan fingerprint density at radius 3 is 2.29 bits per heavy atom. The van der Waals surface area contributed by atoms with Gasteiger partial charge in [0.2, 0.25) is 0 Å². The van der Waals surface area contributed by atoms with Crippen LogP contribution in [0.25, 0.3) is 0 Å². The summed E-state index contributed by atoms with van der Waals surface area (Å²) in [5.74, 6) is 0. The molecule has 0 aliphatic heterocycles. The van der Waals surface area contributed by atoms with E-state index in [4.69, 9.17) is 0 Å². The number of rotatable bonds is 2. The lowest BCUT2D eigenvalue weighted by molar-refractivity contribution is -0.0276. The Kier molecular flexibility index (Phi) is 3.10. The smallest absolute Gasteiger partial charge is 0.0586 e. The van der Waals surface area contributed by atoms with Gasteiger partial charge in [-0.15, -0.1) is 4.47 Å². The van der Waals surface area contributed by atoms with Crippen molar-refractivity contribution in [2.24, 2.45) is 0 Å². The summed E-state index contributed by atoms with van der Waals surface area (Å²) in [5, 5.41) is 0. The van der Waals surface area contributed by atoms with Crippen LogP contribution in [-0.4, -0.2) is 27.4 Å². The Morgan fingerprint density at radius 1 is 1.86 bits per heavy atom. The van der Waals surface area contributed by atoms with Crippen LogP contribution in [0.1, 0.15) is 0 Å². The van der Waals surface area contributed by atoms with Gasteiger partial charge < -0.3 is 4.55 Å². The highest BCUT2D eigenvalue weighted by atomic mass is 32.2. The van der Waals surface area contributed by atoms with E-state index in [1.807, 2.05) is 0 Å². The highest BCUT2D eigenvalue weighted by Crippen LogP contribution is 1.81. The second-order valence-electron chi connectivity index (χ2n) is 0.839. The molecule has 0 heterocycles. The topological polar surface area (TPSA) is 52.6 Å². The van der Waals surface area contributed by atoms with E-state index in [0.29, 0.717) is 4.47 Å². The molecule has 0 saturated carbocycles. The predicted octanol–water partition coefficient (Wildman–Crippen LogP) is -0.726. The Bertz CT molecular complexity index is 75.3. The summed E-state index contributed by atoms with van der Waals surface area (Å²) in [6.45, 7) is 0. The van der Waals surface area contributed by atoms with Crippen LogP contribution >= 0.6 is 0 Å². The minimum absolute atomic E-state index is 0.708. The van der Waals surface area contributed by atoms with E-state index in [-0.39, 0.29) is 0 Å². The van der Waals surface area contributed by atoms with Gasteiger partial charge in [0.05, 0.1) is 7.11 Å². The third kappa shape index (κ3) is 2.69. The van der Waals surface area contributed by atoms with Crippen molar-refractivity contribution in [1.29, 1.82) is 0 Å². The molecule has 1 unspecified atom stereocenters. The summed E-state index contributed by atoms with van der Waals surface area (Å²) in [7, 11) is 2.57. The molecule has 0 spiro atoms. The van der Waals surface area contributed by atoms with Crippen LogP contribution in [0.5, 0.6) is 0 Å². The van der Waals surface area contributed by atoms with Crippen molar-refractivity contribution in [2.75, 3.05) is 14.2 Å². The molecule has 0 aromatic carbocycles. The summed E-state index contributed by atoms with van der Waals surface area (Å²) < 4.78 is 20.2. The van der Waals surface area contributed by atoms with Crippen molar-refractivity contribution in [3.8, 4) is 0 Å². The van der Waals surface area contributed by atoms with Gasteiger partial charge in [-0.1, -0.05) is 0 Å². The molecule has 0 amide bonds. The maximum Gasteiger partial charge on any atom is 0.0586 e. The molecule has 0 N–H and O–H groups in total. The van der Waals surface area contributed by atoms with Gasteiger partial charge in [0.1, 0.15) is 0 Å². The van der Waals surface area contributed by atoms with Crippen molar-refractivity contribution < 1.29 is 13.6 Å². The average molecular weight is 124 g/mol. The molecule has 7 heavy (non-hydrogen) atoms. The molecular formula is C2H6NO3S-. The lowest BCUT2D eigenvalue weighted by atomic mass is 11.5. The first-order valence-corrected chi connectivity index (χ1v) is 2.59. The standard InChI is InChI=1S/C2H7NO3S/c1-3(6-2)7(4)5/h1-2H3,(H,4,5)/p-1. The molecule has 4 nitrogen and oxygen atoms in total. The first-order valence-electron chi connectivity index (χ1n) is 1.55. The maximum absolute atomic E-state index is 9.73. The minimum Gasteiger partial charge on any atom is -0.758 e. The molecule has 0 rings (SSSR count). The lowest BCUT2D eigenvalue weighted by Crippen LogP contribution is -2.18. The molecule has 0 aromatic rings. The third-order valence-electron chi connectivity index (χ3n) is 0.467. The first-order chi connectivity index (χ1) is 3.18. The average Bonchev–Trinajstić information content (AvgIpc) is 1.65. The van der Waals surface area contributed by atoms with E-state index in [2.05, 4.69) is 4.84 Å². The summed E-state index contributed by atoms with van der Waals surface area (Å²) in [6.07, 6.45) is 0. The Hall–Kier alpha value is 0.0300. The Morgan fingerprint density at radius 2 is 2.29 bits per heavy atom. The Labute approximate surface area is 44.4 Å². The molecule has 0 fully saturated rings. The molecule has 0 bridgehead atoms. The molecule has 1 atom stereocenters. The summed E-state index contributed by atoms with van der Waals surface area (Å²) >= 11 is -2.25. The third-order valence-corrected chi connectivity index (χ3v) is 1.04. The number of hydrogen-bond acceptors (Lipinski definition) is 3. The van der Waals surface area contributed by atoms with Crippen molar-refractivity contribution >= 4 is 11.3 Å². The van der Waals surface area contributed by atoms with Crippen LogP contribution in [0, 0.1) is 0 Å². The van der Waals surface area contributed by atoms with Gasteiger partial charge in [-0.3, -0.25) is 9.05 Å². The van der Waals surface area contributed by atoms with Gasteiger partial charge in [-0.2, -0.15) is 0 Å². The van der Waals surface area contributed by atoms with E-state index in [9.17, 15) is 8.76 Å². The lowest BCUT2D eigenvalue weighted by Gasteiger charge is -2.14. The zero-order chi connectivity index (χ0) is 5.86. The van der Waals surface area contributed by atoms with Crippen molar-refractivity contribution in [1.82, 2.24) is 4.47 Å². The van der Waals surface area contributed by atoms with Gasteiger partial charge >= 0.3 is 0 Å². The van der Waals surface area contributed by atoms with E-state index >= 15 is 0 Å². The van der Waals surface area contributed by atoms with E-state index in [0.717, 1.165) is 0 Å². The van der Waals surface area contributed by atoms with Crippen molar-refractivity contribution in [3.63, 3.8) is 0 Å². The second kappa shape index (κ2) is 3.09. The van der Waals surface area contributed by atoms with Crippen LogP contribution in [0.15, 0.2) is 0 Å². The number of hydrogen-bond donors (Lipinski definition) is 0.